The number of carbonyl (C=O) groups is 4. The minimum Gasteiger partial charge on any atom is -0.481 e. The Kier molecular flexibility index (Phi) is 8.42. The molecule has 0 saturated carbocycles. The summed E-state index contributed by atoms with van der Waals surface area (Å²) in [5, 5.41) is 27.2. The minimum absolute atomic E-state index is 0.0266. The van der Waals surface area contributed by atoms with E-state index in [1.54, 1.807) is 30.3 Å². The lowest BCUT2D eigenvalue weighted by atomic mass is 10.00. The fraction of sp³-hybridized carbons (Fsp3) is 0.0909. The highest BCUT2D eigenvalue weighted by Gasteiger charge is 2.29. The Bertz CT molecular complexity index is 1280. The lowest BCUT2D eigenvalue weighted by molar-refractivity contribution is -0.153. The average Bonchev–Trinajstić information content (AvgIpc) is 2.76. The van der Waals surface area contributed by atoms with Gasteiger partial charge in [-0.15, -0.1) is 0 Å². The fourth-order valence-electron chi connectivity index (χ4n) is 2.87. The zero-order chi connectivity index (χ0) is 25.5. The number of carboxylic acid groups (broad SMARTS) is 3. The number of aromatic carboxylic acids is 2. The molecule has 0 aliphatic rings. The van der Waals surface area contributed by atoms with Gasteiger partial charge in [-0.2, -0.15) is 8.42 Å². The normalized spacial score (nSPS) is 11.6. The second-order valence-electron chi connectivity index (χ2n) is 6.63. The molecule has 1 unspecified atom stereocenters. The van der Waals surface area contributed by atoms with Gasteiger partial charge in [0.15, 0.2) is 0 Å². The van der Waals surface area contributed by atoms with Crippen molar-refractivity contribution in [2.24, 2.45) is 0 Å². The molecule has 0 aliphatic carbocycles. The van der Waals surface area contributed by atoms with Crippen LogP contribution in [-0.4, -0.2) is 52.2 Å². The predicted octanol–water partition coefficient (Wildman–Crippen LogP) is 2.83. The van der Waals surface area contributed by atoms with E-state index in [1.807, 2.05) is 0 Å². The Morgan fingerprint density at radius 2 is 1.18 bits per heavy atom. The molecule has 0 aliphatic heterocycles. The molecule has 3 aromatic rings. The van der Waals surface area contributed by atoms with Gasteiger partial charge in [0.25, 0.3) is 5.44 Å². The van der Waals surface area contributed by atoms with Crippen LogP contribution in [0.4, 0.5) is 0 Å². The van der Waals surface area contributed by atoms with Gasteiger partial charge < -0.3 is 20.1 Å². The lowest BCUT2D eigenvalue weighted by Crippen LogP contribution is -2.21. The molecule has 0 radical (unpaired) electrons. The number of carboxylic acids is 3. The lowest BCUT2D eigenvalue weighted by Gasteiger charge is -2.14. The van der Waals surface area contributed by atoms with Gasteiger partial charge in [-0.05, 0) is 22.9 Å². The Labute approximate surface area is 192 Å². The second-order valence-corrected chi connectivity index (χ2v) is 8.09. The van der Waals surface area contributed by atoms with Crippen molar-refractivity contribution in [3.63, 3.8) is 0 Å². The zero-order valence-corrected chi connectivity index (χ0v) is 18.0. The Balaban J connectivity index is 0.000000241. The summed E-state index contributed by atoms with van der Waals surface area (Å²) >= 11 is 0. The number of ether oxygens (including phenoxy) is 1. The number of rotatable bonds is 7. The first kappa shape index (κ1) is 26.0. The SMILES string of the molecule is O=C(O)CC(=O)OC(c1ccccc1)S(=O)(=O)O.O=C(O)c1ccc(C(=O)O)c2ccccc12. The monoisotopic (exact) mass is 490 g/mol. The van der Waals surface area contributed by atoms with Gasteiger partial charge >= 0.3 is 34.0 Å². The highest BCUT2D eigenvalue weighted by Crippen LogP contribution is 2.24. The molecule has 0 fully saturated rings. The molecule has 34 heavy (non-hydrogen) atoms. The van der Waals surface area contributed by atoms with Crippen LogP contribution >= 0.6 is 0 Å². The molecule has 3 aromatic carbocycles. The molecule has 0 spiro atoms. The standard InChI is InChI=1S/C12H8O4.C10H10O7S/c13-11(14)9-5-6-10(12(15)16)8-4-2-1-3-7(8)9;11-8(12)6-9(13)17-10(18(14,15)16)7-4-2-1-3-5-7/h1-6H,(H,13,14)(H,15,16);1-5,10H,6H2,(H,11,12)(H,14,15,16). The van der Waals surface area contributed by atoms with E-state index < -0.39 is 45.9 Å². The molecule has 178 valence electrons. The Morgan fingerprint density at radius 1 is 0.735 bits per heavy atom. The third kappa shape index (κ3) is 6.85. The summed E-state index contributed by atoms with van der Waals surface area (Å²) in [4.78, 5) is 43.3. The summed E-state index contributed by atoms with van der Waals surface area (Å²) in [7, 11) is -4.68. The van der Waals surface area contributed by atoms with Crippen LogP contribution in [0.3, 0.4) is 0 Å². The van der Waals surface area contributed by atoms with Crippen molar-refractivity contribution >= 4 is 44.8 Å². The molecule has 0 amide bonds. The minimum atomic E-state index is -4.68. The summed E-state index contributed by atoms with van der Waals surface area (Å²) in [6.45, 7) is 0. The molecule has 0 saturated heterocycles. The number of aliphatic carboxylic acids is 1. The Hall–Kier alpha value is -4.29. The van der Waals surface area contributed by atoms with E-state index in [1.165, 1.54) is 36.4 Å². The summed E-state index contributed by atoms with van der Waals surface area (Å²) < 4.78 is 35.6. The average molecular weight is 490 g/mol. The van der Waals surface area contributed by atoms with Gasteiger partial charge in [0.1, 0.15) is 6.42 Å². The van der Waals surface area contributed by atoms with Crippen molar-refractivity contribution in [3.05, 3.63) is 83.4 Å². The Morgan fingerprint density at radius 3 is 1.56 bits per heavy atom. The van der Waals surface area contributed by atoms with E-state index in [-0.39, 0.29) is 16.7 Å². The second kappa shape index (κ2) is 11.0. The van der Waals surface area contributed by atoms with Crippen molar-refractivity contribution in [1.29, 1.82) is 0 Å². The quantitative estimate of drug-likeness (QED) is 0.216. The summed E-state index contributed by atoms with van der Waals surface area (Å²) in [6, 6.07) is 16.4. The molecule has 0 heterocycles. The van der Waals surface area contributed by atoms with E-state index >= 15 is 0 Å². The van der Waals surface area contributed by atoms with Crippen LogP contribution in [0, 0.1) is 0 Å². The molecule has 3 rings (SSSR count). The smallest absolute Gasteiger partial charge is 0.336 e. The van der Waals surface area contributed by atoms with Crippen LogP contribution in [0.2, 0.25) is 0 Å². The highest BCUT2D eigenvalue weighted by molar-refractivity contribution is 7.85. The van der Waals surface area contributed by atoms with Crippen molar-refractivity contribution in [1.82, 2.24) is 0 Å². The van der Waals surface area contributed by atoms with E-state index in [4.69, 9.17) is 19.9 Å². The van der Waals surface area contributed by atoms with Crippen LogP contribution in [0.15, 0.2) is 66.7 Å². The van der Waals surface area contributed by atoms with Crippen molar-refractivity contribution in [3.8, 4) is 0 Å². The zero-order valence-electron chi connectivity index (χ0n) is 17.2. The van der Waals surface area contributed by atoms with Crippen LogP contribution < -0.4 is 0 Å². The number of benzene rings is 3. The maximum absolute atomic E-state index is 11.1. The van der Waals surface area contributed by atoms with E-state index in [2.05, 4.69) is 4.74 Å². The number of esters is 1. The third-order valence-electron chi connectivity index (χ3n) is 4.26. The molecule has 0 aromatic heterocycles. The molecule has 11 nitrogen and oxygen atoms in total. The largest absolute Gasteiger partial charge is 0.481 e. The van der Waals surface area contributed by atoms with E-state index in [9.17, 15) is 27.6 Å². The predicted molar refractivity (Wildman–Crippen MR) is 117 cm³/mol. The molecule has 4 N–H and O–H groups in total. The number of carbonyl (C=O) groups excluding carboxylic acids is 1. The van der Waals surface area contributed by atoms with E-state index in [0.29, 0.717) is 10.8 Å². The van der Waals surface area contributed by atoms with Crippen molar-refractivity contribution < 1.29 is 52.2 Å². The third-order valence-corrected chi connectivity index (χ3v) is 5.17. The van der Waals surface area contributed by atoms with Crippen LogP contribution in [0.25, 0.3) is 10.8 Å². The summed E-state index contributed by atoms with van der Waals surface area (Å²) in [5.74, 6) is -4.84. The first-order chi connectivity index (χ1) is 15.9. The summed E-state index contributed by atoms with van der Waals surface area (Å²) in [5.41, 5.74) is -1.68. The molecule has 12 heteroatoms. The highest BCUT2D eigenvalue weighted by atomic mass is 32.2. The van der Waals surface area contributed by atoms with Crippen molar-refractivity contribution in [2.45, 2.75) is 11.9 Å². The summed E-state index contributed by atoms with van der Waals surface area (Å²) in [6.07, 6.45) is -0.987. The van der Waals surface area contributed by atoms with Gasteiger partial charge in [-0.25, -0.2) is 9.59 Å². The molecule has 0 bridgehead atoms. The van der Waals surface area contributed by atoms with Gasteiger partial charge in [0.2, 0.25) is 0 Å². The molecular weight excluding hydrogens is 472 g/mol. The molecule has 1 atom stereocenters. The van der Waals surface area contributed by atoms with E-state index in [0.717, 1.165) is 0 Å². The maximum Gasteiger partial charge on any atom is 0.336 e. The van der Waals surface area contributed by atoms with Crippen molar-refractivity contribution in [2.75, 3.05) is 0 Å². The van der Waals surface area contributed by atoms with Crippen LogP contribution in [0.1, 0.15) is 38.1 Å². The first-order valence-electron chi connectivity index (χ1n) is 9.32. The number of hydrogen-bond acceptors (Lipinski definition) is 7. The van der Waals surface area contributed by atoms with Gasteiger partial charge in [-0.1, -0.05) is 54.6 Å². The number of hydrogen-bond donors (Lipinski definition) is 4. The maximum atomic E-state index is 11.1. The molecular formula is C22H18O11S. The topological polar surface area (TPSA) is 193 Å². The first-order valence-corrected chi connectivity index (χ1v) is 10.8. The van der Waals surface area contributed by atoms with Gasteiger partial charge in [0.05, 0.1) is 11.1 Å². The van der Waals surface area contributed by atoms with Gasteiger partial charge in [-0.3, -0.25) is 14.1 Å². The van der Waals surface area contributed by atoms with Crippen LogP contribution in [0.5, 0.6) is 0 Å². The van der Waals surface area contributed by atoms with Gasteiger partial charge in [0, 0.05) is 5.56 Å². The fourth-order valence-corrected chi connectivity index (χ4v) is 3.60. The van der Waals surface area contributed by atoms with Crippen LogP contribution in [-0.2, 0) is 24.4 Å². The number of fused-ring (bicyclic) bond motifs is 1.